The van der Waals surface area contributed by atoms with Crippen LogP contribution in [0.4, 0.5) is 0 Å². The molecule has 2 aromatic heterocycles. The Bertz CT molecular complexity index is 431. The normalized spacial score (nSPS) is 14.9. The zero-order valence-corrected chi connectivity index (χ0v) is 12.9. The zero-order valence-electron chi connectivity index (χ0n) is 11.2. The van der Waals surface area contributed by atoms with Gasteiger partial charge in [0.1, 0.15) is 0 Å². The van der Waals surface area contributed by atoms with E-state index < -0.39 is 0 Å². The van der Waals surface area contributed by atoms with Gasteiger partial charge in [-0.25, -0.2) is 0 Å². The average Bonchev–Trinajstić information content (AvgIpc) is 2.97. The molecule has 2 unspecified atom stereocenters. The number of hydrogen-bond donors (Lipinski definition) is 1. The Hall–Kier alpha value is -0.640. The van der Waals surface area contributed by atoms with Crippen LogP contribution in [0.1, 0.15) is 37.3 Å². The minimum Gasteiger partial charge on any atom is -0.306 e. The molecule has 0 amide bonds. The van der Waals surface area contributed by atoms with Crippen LogP contribution in [0.25, 0.3) is 0 Å². The molecule has 2 atom stereocenters. The van der Waals surface area contributed by atoms with Crippen molar-refractivity contribution in [3.8, 4) is 0 Å². The Morgan fingerprint density at radius 3 is 2.56 bits per heavy atom. The van der Waals surface area contributed by atoms with Crippen LogP contribution < -0.4 is 5.32 Å². The highest BCUT2D eigenvalue weighted by Gasteiger charge is 2.18. The van der Waals surface area contributed by atoms with Gasteiger partial charge in [-0.05, 0) is 53.1 Å². The van der Waals surface area contributed by atoms with Crippen molar-refractivity contribution in [3.63, 3.8) is 0 Å². The summed E-state index contributed by atoms with van der Waals surface area (Å²) in [4.78, 5) is 1.45. The molecular formula is C15H21NS2. The molecule has 98 valence electrons. The summed E-state index contributed by atoms with van der Waals surface area (Å²) in [5.74, 6) is 0.619. The summed E-state index contributed by atoms with van der Waals surface area (Å²) in [6.07, 6.45) is 1.11. The zero-order chi connectivity index (χ0) is 13.0. The Morgan fingerprint density at radius 2 is 2.00 bits per heavy atom. The van der Waals surface area contributed by atoms with Crippen molar-refractivity contribution in [1.29, 1.82) is 0 Å². The summed E-state index contributed by atoms with van der Waals surface area (Å²) >= 11 is 3.63. The van der Waals surface area contributed by atoms with Crippen LogP contribution in [0.2, 0.25) is 0 Å². The first-order chi connectivity index (χ1) is 8.66. The van der Waals surface area contributed by atoms with Crippen LogP contribution >= 0.6 is 22.7 Å². The van der Waals surface area contributed by atoms with E-state index in [-0.39, 0.29) is 0 Å². The lowest BCUT2D eigenvalue weighted by Gasteiger charge is -2.25. The van der Waals surface area contributed by atoms with Gasteiger partial charge in [0.2, 0.25) is 0 Å². The standard InChI is InChI=1S/C15H21NS2/c1-11(2)15(14-5-4-7-18-14)16-12(3)9-13-6-8-17-10-13/h4-8,10-12,15-16H,9H2,1-3H3. The van der Waals surface area contributed by atoms with Crippen molar-refractivity contribution in [3.05, 3.63) is 44.8 Å². The quantitative estimate of drug-likeness (QED) is 0.806. The van der Waals surface area contributed by atoms with E-state index in [9.17, 15) is 0 Å². The fourth-order valence-corrected chi connectivity index (χ4v) is 3.84. The lowest BCUT2D eigenvalue weighted by Crippen LogP contribution is -2.34. The summed E-state index contributed by atoms with van der Waals surface area (Å²) < 4.78 is 0. The van der Waals surface area contributed by atoms with E-state index >= 15 is 0 Å². The Morgan fingerprint density at radius 1 is 1.17 bits per heavy atom. The first kappa shape index (κ1) is 13.8. The lowest BCUT2D eigenvalue weighted by molar-refractivity contribution is 0.373. The van der Waals surface area contributed by atoms with E-state index in [1.165, 1.54) is 10.4 Å². The van der Waals surface area contributed by atoms with E-state index in [4.69, 9.17) is 0 Å². The van der Waals surface area contributed by atoms with E-state index in [1.807, 2.05) is 11.3 Å². The molecule has 2 heterocycles. The minimum atomic E-state index is 0.471. The van der Waals surface area contributed by atoms with Gasteiger partial charge in [0.15, 0.2) is 0 Å². The number of hydrogen-bond acceptors (Lipinski definition) is 3. The maximum Gasteiger partial charge on any atom is 0.0440 e. The topological polar surface area (TPSA) is 12.0 Å². The van der Waals surface area contributed by atoms with Gasteiger partial charge in [0, 0.05) is 17.0 Å². The molecule has 0 saturated heterocycles. The average molecular weight is 279 g/mol. The van der Waals surface area contributed by atoms with E-state index in [1.54, 1.807) is 11.3 Å². The maximum atomic E-state index is 3.77. The van der Waals surface area contributed by atoms with Crippen molar-refractivity contribution < 1.29 is 0 Å². The Balaban J connectivity index is 1.97. The smallest absolute Gasteiger partial charge is 0.0440 e. The predicted octanol–water partition coefficient (Wildman–Crippen LogP) is 4.73. The van der Waals surface area contributed by atoms with Crippen LogP contribution in [0, 0.1) is 5.92 Å². The second-order valence-corrected chi connectivity index (χ2v) is 6.90. The van der Waals surface area contributed by atoms with Crippen molar-refractivity contribution >= 4 is 22.7 Å². The van der Waals surface area contributed by atoms with Gasteiger partial charge in [0.25, 0.3) is 0 Å². The Labute approximate surface area is 118 Å². The summed E-state index contributed by atoms with van der Waals surface area (Å²) in [6, 6.07) is 7.58. The van der Waals surface area contributed by atoms with Crippen molar-refractivity contribution in [2.75, 3.05) is 0 Å². The highest BCUT2D eigenvalue weighted by atomic mass is 32.1. The molecule has 18 heavy (non-hydrogen) atoms. The third kappa shape index (κ3) is 3.67. The summed E-state index contributed by atoms with van der Waals surface area (Å²) in [7, 11) is 0. The summed E-state index contributed by atoms with van der Waals surface area (Å²) in [6.45, 7) is 6.85. The molecule has 2 rings (SSSR count). The fourth-order valence-electron chi connectivity index (χ4n) is 2.20. The molecule has 0 radical (unpaired) electrons. The fraction of sp³-hybridized carbons (Fsp3) is 0.467. The van der Waals surface area contributed by atoms with Gasteiger partial charge >= 0.3 is 0 Å². The van der Waals surface area contributed by atoms with Crippen molar-refractivity contribution in [2.24, 2.45) is 5.92 Å². The first-order valence-electron chi connectivity index (χ1n) is 6.47. The highest BCUT2D eigenvalue weighted by molar-refractivity contribution is 7.10. The minimum absolute atomic E-state index is 0.471. The van der Waals surface area contributed by atoms with Crippen molar-refractivity contribution in [2.45, 2.75) is 39.3 Å². The molecular weight excluding hydrogens is 258 g/mol. The molecule has 0 aliphatic heterocycles. The third-order valence-electron chi connectivity index (χ3n) is 3.10. The predicted molar refractivity (Wildman–Crippen MR) is 82.5 cm³/mol. The second-order valence-electron chi connectivity index (χ2n) is 5.14. The maximum absolute atomic E-state index is 3.77. The first-order valence-corrected chi connectivity index (χ1v) is 8.29. The Kier molecular flexibility index (Phi) is 4.98. The van der Waals surface area contributed by atoms with Crippen LogP contribution in [0.15, 0.2) is 34.3 Å². The summed E-state index contributed by atoms with van der Waals surface area (Å²) in [5, 5.41) is 10.3. The van der Waals surface area contributed by atoms with Crippen LogP contribution in [0.3, 0.4) is 0 Å². The molecule has 2 aromatic rings. The van der Waals surface area contributed by atoms with Gasteiger partial charge in [-0.3, -0.25) is 0 Å². The third-order valence-corrected chi connectivity index (χ3v) is 4.79. The molecule has 0 aromatic carbocycles. The molecule has 0 spiro atoms. The molecule has 1 nitrogen and oxygen atoms in total. The largest absolute Gasteiger partial charge is 0.306 e. The second kappa shape index (κ2) is 6.50. The molecule has 0 fully saturated rings. The van der Waals surface area contributed by atoms with Gasteiger partial charge < -0.3 is 5.32 Å². The lowest BCUT2D eigenvalue weighted by atomic mass is 10.0. The molecule has 3 heteroatoms. The number of thiophene rings is 2. The summed E-state index contributed by atoms with van der Waals surface area (Å²) in [5.41, 5.74) is 1.44. The molecule has 0 bridgehead atoms. The highest BCUT2D eigenvalue weighted by Crippen LogP contribution is 2.26. The number of nitrogens with one attached hydrogen (secondary N) is 1. The SMILES string of the molecule is CC(Cc1ccsc1)NC(c1cccs1)C(C)C. The molecule has 0 aliphatic carbocycles. The van der Waals surface area contributed by atoms with E-state index in [2.05, 4.69) is 60.4 Å². The molecule has 0 aliphatic rings. The van der Waals surface area contributed by atoms with Gasteiger partial charge in [-0.2, -0.15) is 11.3 Å². The van der Waals surface area contributed by atoms with Crippen LogP contribution in [0.5, 0.6) is 0 Å². The van der Waals surface area contributed by atoms with E-state index in [0.717, 1.165) is 6.42 Å². The van der Waals surface area contributed by atoms with Crippen LogP contribution in [-0.4, -0.2) is 6.04 Å². The monoisotopic (exact) mass is 279 g/mol. The van der Waals surface area contributed by atoms with Crippen LogP contribution in [-0.2, 0) is 6.42 Å². The number of rotatable bonds is 6. The van der Waals surface area contributed by atoms with E-state index in [0.29, 0.717) is 18.0 Å². The molecule has 0 saturated carbocycles. The molecule has 1 N–H and O–H groups in total. The van der Waals surface area contributed by atoms with Gasteiger partial charge in [-0.1, -0.05) is 19.9 Å². The van der Waals surface area contributed by atoms with Gasteiger partial charge in [0.05, 0.1) is 0 Å². The van der Waals surface area contributed by atoms with Crippen molar-refractivity contribution in [1.82, 2.24) is 5.32 Å². The van der Waals surface area contributed by atoms with Gasteiger partial charge in [-0.15, -0.1) is 11.3 Å².